The van der Waals surface area contributed by atoms with Gasteiger partial charge in [-0.25, -0.2) is 4.79 Å². The van der Waals surface area contributed by atoms with E-state index >= 15 is 0 Å². The van der Waals surface area contributed by atoms with Gasteiger partial charge in [-0.1, -0.05) is 15.9 Å². The van der Waals surface area contributed by atoms with Crippen molar-refractivity contribution in [3.63, 3.8) is 0 Å². The Morgan fingerprint density at radius 3 is 2.51 bits per heavy atom. The zero-order chi connectivity index (χ0) is 27.7. The van der Waals surface area contributed by atoms with E-state index in [2.05, 4.69) is 20.7 Å². The largest absolute Gasteiger partial charge is 0.489 e. The second kappa shape index (κ2) is 10.6. The van der Waals surface area contributed by atoms with Gasteiger partial charge in [0.25, 0.3) is 5.76 Å². The van der Waals surface area contributed by atoms with Gasteiger partial charge in [0.2, 0.25) is 11.2 Å². The number of carbonyl (C=O) groups is 1. The first-order valence-corrected chi connectivity index (χ1v) is 12.1. The van der Waals surface area contributed by atoms with E-state index in [-0.39, 0.29) is 41.4 Å². The Balaban J connectivity index is 1.46. The maximum atomic E-state index is 13.9. The standard InChI is InChI=1S/C27H18BrF3O8/c1-34-26(33)14-2-4-18(5-3-14)38-24-22(32)20-7-6-19(10-21(20)39-25(24)27(29,30)31)36-12-16-9-17(28)8-15-11-35-13-37-23(15)16/h2-10H,11-13H2,1H3. The molecule has 202 valence electrons. The summed E-state index contributed by atoms with van der Waals surface area (Å²) in [6, 6.07) is 12.7. The molecule has 0 radical (unpaired) electrons. The lowest BCUT2D eigenvalue weighted by atomic mass is 10.1. The van der Waals surface area contributed by atoms with Crippen LogP contribution in [0.1, 0.15) is 27.2 Å². The number of methoxy groups -OCH3 is 1. The van der Waals surface area contributed by atoms with Crippen molar-refractivity contribution in [2.24, 2.45) is 0 Å². The molecule has 0 amide bonds. The Hall–Kier alpha value is -4.03. The molecule has 2 heterocycles. The molecule has 0 unspecified atom stereocenters. The molecule has 3 aromatic carbocycles. The molecule has 0 spiro atoms. The highest BCUT2D eigenvalue weighted by molar-refractivity contribution is 9.10. The molecule has 0 atom stereocenters. The minimum absolute atomic E-state index is 0.0341. The number of halogens is 4. The van der Waals surface area contributed by atoms with Crippen LogP contribution in [0.25, 0.3) is 11.0 Å². The fourth-order valence-corrected chi connectivity index (χ4v) is 4.50. The minimum atomic E-state index is -5.04. The van der Waals surface area contributed by atoms with Gasteiger partial charge in [0.15, 0.2) is 6.79 Å². The fourth-order valence-electron chi connectivity index (χ4n) is 3.95. The summed E-state index contributed by atoms with van der Waals surface area (Å²) in [5.74, 6) is -2.60. The Morgan fingerprint density at radius 1 is 1.05 bits per heavy atom. The summed E-state index contributed by atoms with van der Waals surface area (Å²) in [5.41, 5.74) is 0.311. The molecule has 5 rings (SSSR count). The Labute approximate surface area is 226 Å². The van der Waals surface area contributed by atoms with Crippen LogP contribution >= 0.6 is 15.9 Å². The van der Waals surface area contributed by atoms with Crippen molar-refractivity contribution < 1.29 is 46.1 Å². The van der Waals surface area contributed by atoms with E-state index in [1.165, 1.54) is 49.6 Å². The summed E-state index contributed by atoms with van der Waals surface area (Å²) in [5, 5.41) is -0.142. The zero-order valence-electron chi connectivity index (χ0n) is 20.1. The summed E-state index contributed by atoms with van der Waals surface area (Å²) in [6.07, 6.45) is -5.04. The van der Waals surface area contributed by atoms with Crippen molar-refractivity contribution in [1.29, 1.82) is 0 Å². The van der Waals surface area contributed by atoms with Gasteiger partial charge in [-0.3, -0.25) is 4.79 Å². The Morgan fingerprint density at radius 2 is 1.79 bits per heavy atom. The molecular weight excluding hydrogens is 589 g/mol. The molecule has 0 fully saturated rings. The first kappa shape index (κ1) is 26.6. The number of ether oxygens (including phenoxy) is 5. The second-order valence-electron chi connectivity index (χ2n) is 8.32. The van der Waals surface area contributed by atoms with E-state index in [9.17, 15) is 22.8 Å². The fraction of sp³-hybridized carbons (Fsp3) is 0.185. The molecule has 0 bridgehead atoms. The maximum Gasteiger partial charge on any atom is 0.453 e. The van der Waals surface area contributed by atoms with Gasteiger partial charge >= 0.3 is 12.1 Å². The number of fused-ring (bicyclic) bond motifs is 2. The molecule has 1 aliphatic heterocycles. The van der Waals surface area contributed by atoms with Crippen LogP contribution in [-0.4, -0.2) is 19.9 Å². The van der Waals surface area contributed by atoms with Crippen LogP contribution in [0.3, 0.4) is 0 Å². The first-order valence-electron chi connectivity index (χ1n) is 11.3. The number of carbonyl (C=O) groups excluding carboxylic acids is 1. The third kappa shape index (κ3) is 5.57. The topological polar surface area (TPSA) is 93.4 Å². The highest BCUT2D eigenvalue weighted by Crippen LogP contribution is 2.39. The van der Waals surface area contributed by atoms with Crippen LogP contribution in [0.15, 0.2) is 68.3 Å². The maximum absolute atomic E-state index is 13.9. The lowest BCUT2D eigenvalue weighted by molar-refractivity contribution is -0.154. The third-order valence-electron chi connectivity index (χ3n) is 5.72. The molecular formula is C27H18BrF3O8. The van der Waals surface area contributed by atoms with E-state index in [0.29, 0.717) is 17.9 Å². The summed E-state index contributed by atoms with van der Waals surface area (Å²) in [4.78, 5) is 24.7. The van der Waals surface area contributed by atoms with Crippen molar-refractivity contribution in [2.45, 2.75) is 19.4 Å². The smallest absolute Gasteiger partial charge is 0.453 e. The number of hydrogen-bond donors (Lipinski definition) is 0. The van der Waals surface area contributed by atoms with Crippen LogP contribution in [0, 0.1) is 0 Å². The van der Waals surface area contributed by atoms with E-state index in [0.717, 1.165) is 10.0 Å². The van der Waals surface area contributed by atoms with Gasteiger partial charge in [0.1, 0.15) is 29.4 Å². The lowest BCUT2D eigenvalue weighted by Crippen LogP contribution is -2.15. The van der Waals surface area contributed by atoms with Gasteiger partial charge in [0.05, 0.1) is 24.7 Å². The average molecular weight is 607 g/mol. The molecule has 8 nitrogen and oxygen atoms in total. The summed E-state index contributed by atoms with van der Waals surface area (Å²) in [7, 11) is 1.19. The normalized spacial score (nSPS) is 12.9. The predicted molar refractivity (Wildman–Crippen MR) is 134 cm³/mol. The number of alkyl halides is 3. The van der Waals surface area contributed by atoms with Crippen molar-refractivity contribution in [3.05, 3.63) is 91.7 Å². The quantitative estimate of drug-likeness (QED) is 0.227. The molecule has 0 saturated heterocycles. The third-order valence-corrected chi connectivity index (χ3v) is 6.18. The number of rotatable bonds is 6. The van der Waals surface area contributed by atoms with Crippen molar-refractivity contribution >= 4 is 32.9 Å². The van der Waals surface area contributed by atoms with Crippen molar-refractivity contribution in [2.75, 3.05) is 13.9 Å². The minimum Gasteiger partial charge on any atom is -0.489 e. The highest BCUT2D eigenvalue weighted by atomic mass is 79.9. The zero-order valence-corrected chi connectivity index (χ0v) is 21.7. The highest BCUT2D eigenvalue weighted by Gasteiger charge is 2.40. The Kier molecular flexibility index (Phi) is 7.23. The van der Waals surface area contributed by atoms with Gasteiger partial charge in [-0.05, 0) is 48.5 Å². The summed E-state index contributed by atoms with van der Waals surface area (Å²) >= 11 is 3.42. The van der Waals surface area contributed by atoms with E-state index < -0.39 is 29.1 Å². The average Bonchev–Trinajstić information content (AvgIpc) is 2.92. The van der Waals surface area contributed by atoms with E-state index in [1.807, 2.05) is 6.07 Å². The molecule has 1 aromatic heterocycles. The van der Waals surface area contributed by atoms with Gasteiger partial charge in [0, 0.05) is 21.7 Å². The van der Waals surface area contributed by atoms with Gasteiger partial charge in [-0.2, -0.15) is 13.2 Å². The van der Waals surface area contributed by atoms with Crippen molar-refractivity contribution in [1.82, 2.24) is 0 Å². The van der Waals surface area contributed by atoms with Gasteiger partial charge < -0.3 is 28.1 Å². The van der Waals surface area contributed by atoms with Crippen LogP contribution in [0.5, 0.6) is 23.0 Å². The monoisotopic (exact) mass is 606 g/mol. The van der Waals surface area contributed by atoms with Crippen LogP contribution in [0.2, 0.25) is 0 Å². The molecule has 0 N–H and O–H groups in total. The summed E-state index contributed by atoms with van der Waals surface area (Å²) < 4.78 is 74.2. The summed E-state index contributed by atoms with van der Waals surface area (Å²) in [6.45, 7) is 0.484. The molecule has 0 aliphatic carbocycles. The number of benzene rings is 3. The molecule has 0 saturated carbocycles. The van der Waals surface area contributed by atoms with Crippen LogP contribution in [-0.2, 0) is 28.9 Å². The van der Waals surface area contributed by atoms with Crippen LogP contribution in [0.4, 0.5) is 13.2 Å². The molecule has 4 aromatic rings. The number of esters is 1. The lowest BCUT2D eigenvalue weighted by Gasteiger charge is -2.21. The first-order chi connectivity index (χ1) is 18.6. The molecule has 12 heteroatoms. The van der Waals surface area contributed by atoms with Crippen molar-refractivity contribution in [3.8, 4) is 23.0 Å². The van der Waals surface area contributed by atoms with Gasteiger partial charge in [-0.15, -0.1) is 0 Å². The number of hydrogen-bond acceptors (Lipinski definition) is 8. The van der Waals surface area contributed by atoms with E-state index in [1.54, 1.807) is 6.07 Å². The SMILES string of the molecule is COC(=O)c1ccc(Oc2c(C(F)(F)F)oc3cc(OCc4cc(Br)cc5c4OCOC5)ccc3c2=O)cc1. The van der Waals surface area contributed by atoms with Crippen LogP contribution < -0.4 is 19.6 Å². The Bertz CT molecular complexity index is 1610. The molecule has 1 aliphatic rings. The molecule has 39 heavy (non-hydrogen) atoms. The second-order valence-corrected chi connectivity index (χ2v) is 9.23. The predicted octanol–water partition coefficient (Wildman–Crippen LogP) is 6.60. The van der Waals surface area contributed by atoms with E-state index in [4.69, 9.17) is 23.4 Å².